The molecule has 6 heteroatoms. The number of fused-ring (bicyclic) bond motifs is 1. The molecule has 24 heavy (non-hydrogen) atoms. The van der Waals surface area contributed by atoms with Crippen molar-refractivity contribution in [1.82, 2.24) is 14.3 Å². The van der Waals surface area contributed by atoms with E-state index in [0.717, 1.165) is 15.7 Å². The van der Waals surface area contributed by atoms with Crippen LogP contribution in [0.5, 0.6) is 0 Å². The summed E-state index contributed by atoms with van der Waals surface area (Å²) in [7, 11) is 3.70. The van der Waals surface area contributed by atoms with Crippen LogP contribution in [0.15, 0.2) is 59.3 Å². The molecule has 4 nitrogen and oxygen atoms in total. The molecule has 0 atom stereocenters. The number of aromatic nitrogens is 2. The summed E-state index contributed by atoms with van der Waals surface area (Å²) < 4.78 is 2.74. The molecule has 0 bridgehead atoms. The maximum Gasteiger partial charge on any atom is 0.119 e. The molecular formula is C18H15BrN3OW-. The first-order valence-electron chi connectivity index (χ1n) is 7.10. The van der Waals surface area contributed by atoms with Crippen LogP contribution in [0.3, 0.4) is 0 Å². The SMILES string of the molecule is CN(C)C=[C-]C(=O)c1c(-c2cccc(Br)c2)nc2ccccn12.[W]. The maximum absolute atomic E-state index is 12.7. The molecule has 0 amide bonds. The first kappa shape index (κ1) is 18.6. The Kier molecular flexibility index (Phi) is 6.14. The molecule has 1 aromatic carbocycles. The minimum atomic E-state index is -0.202. The topological polar surface area (TPSA) is 37.6 Å². The van der Waals surface area contributed by atoms with Gasteiger partial charge >= 0.3 is 0 Å². The molecule has 3 aromatic rings. The third-order valence-electron chi connectivity index (χ3n) is 3.30. The van der Waals surface area contributed by atoms with Crippen LogP contribution in [0.25, 0.3) is 16.9 Å². The van der Waals surface area contributed by atoms with Gasteiger partial charge in [0.25, 0.3) is 0 Å². The Balaban J connectivity index is 0.00000208. The zero-order valence-corrected chi connectivity index (χ0v) is 17.8. The van der Waals surface area contributed by atoms with Crippen molar-refractivity contribution < 1.29 is 25.9 Å². The minimum absolute atomic E-state index is 0. The second-order valence-corrected chi connectivity index (χ2v) is 6.23. The normalized spacial score (nSPS) is 10.8. The number of Topliss-reactive ketones (excluding diaryl/α,β-unsaturated/α-hetero) is 1. The monoisotopic (exact) mass is 552 g/mol. The Morgan fingerprint density at radius 2 is 2.04 bits per heavy atom. The van der Waals surface area contributed by atoms with Gasteiger partial charge in [0.1, 0.15) is 5.65 Å². The number of imidazole rings is 1. The van der Waals surface area contributed by atoms with Crippen LogP contribution < -0.4 is 0 Å². The van der Waals surface area contributed by atoms with E-state index < -0.39 is 0 Å². The quantitative estimate of drug-likeness (QED) is 0.281. The number of ketones is 1. The molecule has 0 saturated heterocycles. The molecule has 0 aliphatic heterocycles. The van der Waals surface area contributed by atoms with Gasteiger partial charge in [0.2, 0.25) is 0 Å². The predicted molar refractivity (Wildman–Crippen MR) is 94.2 cm³/mol. The summed E-state index contributed by atoms with van der Waals surface area (Å²) in [6, 6.07) is 13.4. The van der Waals surface area contributed by atoms with E-state index in [1.165, 1.54) is 0 Å². The Labute approximate surface area is 163 Å². The molecule has 0 aliphatic carbocycles. The van der Waals surface area contributed by atoms with Crippen LogP contribution in [0, 0.1) is 6.08 Å². The number of rotatable bonds is 4. The summed E-state index contributed by atoms with van der Waals surface area (Å²) >= 11 is 3.47. The molecule has 0 radical (unpaired) electrons. The fraction of sp³-hybridized carbons (Fsp3) is 0.111. The molecule has 2 aromatic heterocycles. The zero-order chi connectivity index (χ0) is 16.4. The van der Waals surface area contributed by atoms with Gasteiger partial charge in [-0.15, -0.1) is 0 Å². The summed E-state index contributed by atoms with van der Waals surface area (Å²) in [5.41, 5.74) is 2.79. The van der Waals surface area contributed by atoms with E-state index in [4.69, 9.17) is 0 Å². The molecule has 0 fully saturated rings. The standard InChI is InChI=1S/C18H15BrN3O.W/c1-21(2)11-9-15(23)18-17(13-6-5-7-14(19)12-13)20-16-8-3-4-10-22(16)18;/h3-8,10-12H,1-2H3;/q-1;. The molecule has 122 valence electrons. The number of nitrogens with zero attached hydrogens (tertiary/aromatic N) is 3. The first-order chi connectivity index (χ1) is 11.1. The van der Waals surface area contributed by atoms with Gasteiger partial charge in [-0.2, -0.15) is 6.08 Å². The fourth-order valence-corrected chi connectivity index (χ4v) is 2.71. The average molecular weight is 553 g/mol. The van der Waals surface area contributed by atoms with E-state index in [1.54, 1.807) is 15.5 Å². The number of halogens is 1. The molecule has 2 heterocycles. The van der Waals surface area contributed by atoms with Gasteiger partial charge in [-0.1, -0.05) is 40.3 Å². The molecular weight excluding hydrogens is 538 g/mol. The fourth-order valence-electron chi connectivity index (χ4n) is 2.31. The van der Waals surface area contributed by atoms with Crippen LogP contribution in [0.4, 0.5) is 0 Å². The number of hydrogen-bond acceptors (Lipinski definition) is 3. The summed E-state index contributed by atoms with van der Waals surface area (Å²) in [6.07, 6.45) is 6.25. The van der Waals surface area contributed by atoms with Gasteiger partial charge in [0.05, 0.1) is 0 Å². The van der Waals surface area contributed by atoms with E-state index in [9.17, 15) is 4.79 Å². The second-order valence-electron chi connectivity index (χ2n) is 5.31. The second kappa shape index (κ2) is 7.91. The number of allylic oxidation sites excluding steroid dienone is 1. The van der Waals surface area contributed by atoms with Gasteiger partial charge in [-0.05, 0) is 41.7 Å². The molecule has 0 aliphatic rings. The van der Waals surface area contributed by atoms with Crippen LogP contribution in [-0.4, -0.2) is 34.2 Å². The van der Waals surface area contributed by atoms with Crippen molar-refractivity contribution in [3.8, 4) is 11.3 Å². The maximum atomic E-state index is 12.7. The number of carbonyl (C=O) groups excluding carboxylic acids is 1. The van der Waals surface area contributed by atoms with Gasteiger partial charge in [0, 0.05) is 51.1 Å². The van der Waals surface area contributed by atoms with Gasteiger partial charge in [-0.25, -0.2) is 4.98 Å². The van der Waals surface area contributed by atoms with Crippen molar-refractivity contribution in [2.75, 3.05) is 14.1 Å². The van der Waals surface area contributed by atoms with Crippen LogP contribution in [0.1, 0.15) is 10.5 Å². The first-order valence-corrected chi connectivity index (χ1v) is 7.89. The van der Waals surface area contributed by atoms with E-state index >= 15 is 0 Å². The number of pyridine rings is 1. The average Bonchev–Trinajstić information content (AvgIpc) is 2.92. The molecule has 0 N–H and O–H groups in total. The molecule has 0 saturated carbocycles. The minimum Gasteiger partial charge on any atom is -0.401 e. The zero-order valence-electron chi connectivity index (χ0n) is 13.2. The predicted octanol–water partition coefficient (Wildman–Crippen LogP) is 3.82. The third-order valence-corrected chi connectivity index (χ3v) is 3.79. The summed E-state index contributed by atoms with van der Waals surface area (Å²) in [4.78, 5) is 19.1. The van der Waals surface area contributed by atoms with Crippen molar-refractivity contribution in [3.63, 3.8) is 0 Å². The summed E-state index contributed by atoms with van der Waals surface area (Å²) in [5.74, 6) is -0.202. The van der Waals surface area contributed by atoms with E-state index in [-0.39, 0.29) is 26.8 Å². The van der Waals surface area contributed by atoms with Gasteiger partial charge in [-0.3, -0.25) is 0 Å². The van der Waals surface area contributed by atoms with Gasteiger partial charge < -0.3 is 14.1 Å². The van der Waals surface area contributed by atoms with Crippen LogP contribution in [-0.2, 0) is 21.1 Å². The summed E-state index contributed by atoms with van der Waals surface area (Å²) in [5, 5.41) is 0. The molecule has 0 spiro atoms. The van der Waals surface area contributed by atoms with Crippen molar-refractivity contribution in [3.05, 3.63) is 71.1 Å². The number of benzene rings is 1. The number of hydrogen-bond donors (Lipinski definition) is 0. The van der Waals surface area contributed by atoms with E-state index in [2.05, 4.69) is 27.0 Å². The van der Waals surface area contributed by atoms with Crippen molar-refractivity contribution in [2.24, 2.45) is 0 Å². The Morgan fingerprint density at radius 3 is 2.75 bits per heavy atom. The third kappa shape index (κ3) is 3.85. The summed E-state index contributed by atoms with van der Waals surface area (Å²) in [6.45, 7) is 0. The number of carbonyl (C=O) groups is 1. The Bertz CT molecular complexity index is 902. The molecule has 3 rings (SSSR count). The largest absolute Gasteiger partial charge is 0.401 e. The van der Waals surface area contributed by atoms with Crippen LogP contribution in [0.2, 0.25) is 0 Å². The van der Waals surface area contributed by atoms with Crippen molar-refractivity contribution in [2.45, 2.75) is 0 Å². The van der Waals surface area contributed by atoms with Crippen LogP contribution >= 0.6 is 15.9 Å². The van der Waals surface area contributed by atoms with Crippen molar-refractivity contribution in [1.29, 1.82) is 0 Å². The molecule has 0 unspecified atom stereocenters. The van der Waals surface area contributed by atoms with E-state index in [1.807, 2.05) is 62.8 Å². The Hall–Kier alpha value is -1.71. The van der Waals surface area contributed by atoms with Crippen molar-refractivity contribution >= 4 is 27.4 Å². The smallest absolute Gasteiger partial charge is 0.119 e. The Morgan fingerprint density at radius 1 is 1.25 bits per heavy atom. The van der Waals surface area contributed by atoms with E-state index in [0.29, 0.717) is 11.4 Å². The van der Waals surface area contributed by atoms with Gasteiger partial charge in [0.15, 0.2) is 0 Å².